The standard InChI is InChI=1S/C43H26O/c44-43(28-14-5-2-6-15-28)30-25-39-34-19-10-8-17-32(34)37-21-11-20-36-31-16-7-9-18-33(31)38-24-29(27-12-3-1-4-13-27)22-23-35(38)40(26-30)42(39)41(36)37/h1-26H. The fourth-order valence-corrected chi connectivity index (χ4v) is 7.21. The molecule has 0 unspecified atom stereocenters. The first kappa shape index (κ1) is 24.8. The molecule has 0 fully saturated rings. The van der Waals surface area contributed by atoms with Gasteiger partial charge in [-0.25, -0.2) is 0 Å². The number of hydrogen-bond acceptors (Lipinski definition) is 1. The van der Waals surface area contributed by atoms with Crippen molar-refractivity contribution in [1.82, 2.24) is 0 Å². The molecule has 204 valence electrons. The number of rotatable bonds is 3. The Morgan fingerprint density at radius 3 is 1.36 bits per heavy atom. The van der Waals surface area contributed by atoms with Gasteiger partial charge in [0.2, 0.25) is 0 Å². The first-order valence-electron chi connectivity index (χ1n) is 15.1. The lowest BCUT2D eigenvalue weighted by molar-refractivity contribution is 0.103. The molecule has 0 radical (unpaired) electrons. The van der Waals surface area contributed by atoms with E-state index in [0.29, 0.717) is 11.1 Å². The zero-order valence-electron chi connectivity index (χ0n) is 23.9. The second kappa shape index (κ2) is 9.62. The highest BCUT2D eigenvalue weighted by molar-refractivity contribution is 6.39. The quantitative estimate of drug-likeness (QED) is 0.156. The molecule has 9 rings (SSSR count). The molecular formula is C43H26O. The van der Waals surface area contributed by atoms with Crippen LogP contribution < -0.4 is 0 Å². The molecule has 0 atom stereocenters. The molecule has 0 aromatic heterocycles. The van der Waals surface area contributed by atoms with Gasteiger partial charge in [0.25, 0.3) is 0 Å². The summed E-state index contributed by atoms with van der Waals surface area (Å²) in [5.41, 5.74) is 3.75. The molecule has 1 heteroatoms. The van der Waals surface area contributed by atoms with Crippen LogP contribution in [0.4, 0.5) is 0 Å². The van der Waals surface area contributed by atoms with Crippen LogP contribution >= 0.6 is 0 Å². The zero-order chi connectivity index (χ0) is 29.2. The van der Waals surface area contributed by atoms with E-state index in [2.05, 4.69) is 127 Å². The van der Waals surface area contributed by atoms with Gasteiger partial charge >= 0.3 is 0 Å². The zero-order valence-corrected chi connectivity index (χ0v) is 23.9. The summed E-state index contributed by atoms with van der Waals surface area (Å²) in [5, 5.41) is 14.2. The molecule has 0 bridgehead atoms. The maximum atomic E-state index is 14.1. The average Bonchev–Trinajstić information content (AvgIpc) is 3.10. The monoisotopic (exact) mass is 558 g/mol. The topological polar surface area (TPSA) is 17.1 Å². The van der Waals surface area contributed by atoms with Gasteiger partial charge in [-0.1, -0.05) is 140 Å². The van der Waals surface area contributed by atoms with Crippen LogP contribution in [0.1, 0.15) is 15.9 Å². The Morgan fingerprint density at radius 2 is 0.750 bits per heavy atom. The van der Waals surface area contributed by atoms with Gasteiger partial charge in [-0.05, 0) is 94.0 Å². The summed E-state index contributed by atoms with van der Waals surface area (Å²) in [6.07, 6.45) is 0. The third kappa shape index (κ3) is 3.63. The fourth-order valence-electron chi connectivity index (χ4n) is 7.21. The SMILES string of the molecule is O=C(c1ccccc1)c1cc2c3ccc(-c4ccccc4)cc3c3ccccc3c3cccc4c5ccccc5c(c1)c2c34. The second-order valence-corrected chi connectivity index (χ2v) is 11.6. The van der Waals surface area contributed by atoms with Crippen LogP contribution in [0.5, 0.6) is 0 Å². The van der Waals surface area contributed by atoms with Crippen molar-refractivity contribution in [3.05, 3.63) is 169 Å². The normalized spacial score (nSPS) is 11.7. The van der Waals surface area contributed by atoms with E-state index in [1.54, 1.807) is 0 Å². The first-order chi connectivity index (χ1) is 21.8. The first-order valence-corrected chi connectivity index (χ1v) is 15.1. The van der Waals surface area contributed by atoms with E-state index in [1.807, 2.05) is 30.3 Å². The van der Waals surface area contributed by atoms with Crippen molar-refractivity contribution < 1.29 is 4.79 Å². The van der Waals surface area contributed by atoms with Crippen LogP contribution in [0.3, 0.4) is 0 Å². The molecule has 0 spiro atoms. The predicted octanol–water partition coefficient (Wildman–Crippen LogP) is 11.5. The highest BCUT2D eigenvalue weighted by Crippen LogP contribution is 2.45. The van der Waals surface area contributed by atoms with E-state index >= 15 is 0 Å². The third-order valence-electron chi connectivity index (χ3n) is 9.18. The van der Waals surface area contributed by atoms with E-state index < -0.39 is 0 Å². The minimum atomic E-state index is 0.0335. The third-order valence-corrected chi connectivity index (χ3v) is 9.18. The molecule has 0 aliphatic rings. The highest BCUT2D eigenvalue weighted by atomic mass is 16.1. The van der Waals surface area contributed by atoms with E-state index in [-0.39, 0.29) is 5.78 Å². The Labute approximate surface area is 254 Å². The van der Waals surface area contributed by atoms with Gasteiger partial charge in [0, 0.05) is 11.1 Å². The van der Waals surface area contributed by atoms with Gasteiger partial charge < -0.3 is 0 Å². The Bertz CT molecular complexity index is 2600. The van der Waals surface area contributed by atoms with Gasteiger partial charge in [-0.2, -0.15) is 0 Å². The molecule has 0 aliphatic carbocycles. The van der Waals surface area contributed by atoms with Crippen molar-refractivity contribution in [2.75, 3.05) is 0 Å². The molecule has 44 heavy (non-hydrogen) atoms. The predicted molar refractivity (Wildman–Crippen MR) is 187 cm³/mol. The Morgan fingerprint density at radius 1 is 0.295 bits per heavy atom. The molecule has 0 heterocycles. The van der Waals surface area contributed by atoms with Crippen molar-refractivity contribution in [3.63, 3.8) is 0 Å². The number of carbonyl (C=O) groups is 1. The summed E-state index contributed by atoms with van der Waals surface area (Å²) in [4.78, 5) is 14.1. The number of carbonyl (C=O) groups excluding carboxylic acids is 1. The molecule has 0 saturated heterocycles. The van der Waals surface area contributed by atoms with Crippen LogP contribution in [-0.4, -0.2) is 5.78 Å². The Balaban J connectivity index is 1.58. The van der Waals surface area contributed by atoms with Crippen LogP contribution in [0.25, 0.3) is 75.8 Å². The van der Waals surface area contributed by atoms with Crippen molar-refractivity contribution in [2.45, 2.75) is 0 Å². The number of ketones is 1. The summed E-state index contributed by atoms with van der Waals surface area (Å²) in [5.74, 6) is 0.0335. The minimum absolute atomic E-state index is 0.0335. The molecular weight excluding hydrogens is 532 g/mol. The van der Waals surface area contributed by atoms with Gasteiger partial charge in [0.05, 0.1) is 0 Å². The van der Waals surface area contributed by atoms with E-state index in [0.717, 1.165) is 21.5 Å². The Kier molecular flexibility index (Phi) is 5.42. The minimum Gasteiger partial charge on any atom is -0.289 e. The molecule has 0 amide bonds. The lowest BCUT2D eigenvalue weighted by atomic mass is 9.85. The highest BCUT2D eigenvalue weighted by Gasteiger charge is 2.19. The lowest BCUT2D eigenvalue weighted by Gasteiger charge is -2.18. The number of fused-ring (bicyclic) bond motifs is 8. The van der Waals surface area contributed by atoms with Crippen LogP contribution in [0.2, 0.25) is 0 Å². The van der Waals surface area contributed by atoms with Gasteiger partial charge in [0.15, 0.2) is 5.78 Å². The van der Waals surface area contributed by atoms with Crippen LogP contribution in [0, 0.1) is 0 Å². The largest absolute Gasteiger partial charge is 0.289 e. The van der Waals surface area contributed by atoms with Crippen molar-refractivity contribution >= 4 is 70.4 Å². The van der Waals surface area contributed by atoms with Crippen molar-refractivity contribution in [3.8, 4) is 11.1 Å². The molecule has 1 nitrogen and oxygen atoms in total. The molecule has 0 saturated carbocycles. The van der Waals surface area contributed by atoms with Gasteiger partial charge in [0.1, 0.15) is 0 Å². The van der Waals surface area contributed by atoms with Crippen molar-refractivity contribution in [2.24, 2.45) is 0 Å². The molecule has 0 N–H and O–H groups in total. The summed E-state index contributed by atoms with van der Waals surface area (Å²) >= 11 is 0. The summed E-state index contributed by atoms with van der Waals surface area (Å²) in [6, 6.07) is 55.3. The van der Waals surface area contributed by atoms with Crippen LogP contribution in [-0.2, 0) is 0 Å². The lowest BCUT2D eigenvalue weighted by Crippen LogP contribution is -2.01. The molecule has 0 aliphatic heterocycles. The maximum Gasteiger partial charge on any atom is 0.193 e. The average molecular weight is 559 g/mol. The van der Waals surface area contributed by atoms with Crippen LogP contribution in [0.15, 0.2) is 158 Å². The van der Waals surface area contributed by atoms with Crippen molar-refractivity contribution in [1.29, 1.82) is 0 Å². The van der Waals surface area contributed by atoms with Gasteiger partial charge in [-0.15, -0.1) is 0 Å². The van der Waals surface area contributed by atoms with E-state index in [4.69, 9.17) is 0 Å². The summed E-state index contributed by atoms with van der Waals surface area (Å²) in [6.45, 7) is 0. The number of hydrogen-bond donors (Lipinski definition) is 0. The number of benzene rings is 8. The molecule has 9 aromatic rings. The second-order valence-electron chi connectivity index (χ2n) is 11.6. The smallest absolute Gasteiger partial charge is 0.193 e. The van der Waals surface area contributed by atoms with Gasteiger partial charge in [-0.3, -0.25) is 4.79 Å². The molecule has 9 aromatic carbocycles. The summed E-state index contributed by atoms with van der Waals surface area (Å²) in [7, 11) is 0. The van der Waals surface area contributed by atoms with E-state index in [9.17, 15) is 4.79 Å². The van der Waals surface area contributed by atoms with E-state index in [1.165, 1.54) is 54.2 Å². The summed E-state index contributed by atoms with van der Waals surface area (Å²) < 4.78 is 0. The fraction of sp³-hybridized carbons (Fsp3) is 0. The Hall–Kier alpha value is -5.79. The maximum absolute atomic E-state index is 14.1.